The Balaban J connectivity index is 2.22. The van der Waals surface area contributed by atoms with Crippen molar-refractivity contribution in [2.45, 2.75) is 6.04 Å². The highest BCUT2D eigenvalue weighted by Crippen LogP contribution is 2.18. The number of aromatic nitrogens is 2. The average molecular weight is 323 g/mol. The van der Waals surface area contributed by atoms with Gasteiger partial charge in [0.05, 0.1) is 16.7 Å². The summed E-state index contributed by atoms with van der Waals surface area (Å²) >= 11 is 3.14. The van der Waals surface area contributed by atoms with Crippen LogP contribution in [0.4, 0.5) is 4.39 Å². The van der Waals surface area contributed by atoms with Gasteiger partial charge in [-0.3, -0.25) is 9.89 Å². The standard InChI is InChI=1S/C12H8BrFN4O/c13-8-6-16-18-11(8)12(19)17-10(5-15)7-3-1-2-4-9(7)14/h1-4,6,10H,(H,16,18)(H,17,19)/t10-/m1/s1. The number of H-pyrrole nitrogens is 1. The summed E-state index contributed by atoms with van der Waals surface area (Å²) in [4.78, 5) is 11.9. The van der Waals surface area contributed by atoms with E-state index in [0.717, 1.165) is 0 Å². The lowest BCUT2D eigenvalue weighted by Gasteiger charge is -2.12. The average Bonchev–Trinajstić information content (AvgIpc) is 2.83. The molecular weight excluding hydrogens is 315 g/mol. The van der Waals surface area contributed by atoms with Crippen LogP contribution in [0.1, 0.15) is 22.1 Å². The van der Waals surface area contributed by atoms with Crippen molar-refractivity contribution in [3.05, 3.63) is 52.0 Å². The van der Waals surface area contributed by atoms with Gasteiger partial charge in [-0.1, -0.05) is 18.2 Å². The van der Waals surface area contributed by atoms with Crippen LogP contribution >= 0.6 is 15.9 Å². The lowest BCUT2D eigenvalue weighted by Crippen LogP contribution is -2.28. The van der Waals surface area contributed by atoms with E-state index >= 15 is 0 Å². The SMILES string of the molecule is N#C[C@@H](NC(=O)c1[nH]ncc1Br)c1ccccc1F. The van der Waals surface area contributed by atoms with Gasteiger partial charge < -0.3 is 5.32 Å². The molecule has 5 nitrogen and oxygen atoms in total. The lowest BCUT2D eigenvalue weighted by molar-refractivity contribution is 0.0939. The molecule has 0 aliphatic heterocycles. The summed E-state index contributed by atoms with van der Waals surface area (Å²) in [6, 6.07) is 6.58. The maximum atomic E-state index is 13.6. The summed E-state index contributed by atoms with van der Waals surface area (Å²) in [5.74, 6) is -1.09. The third-order valence-electron chi connectivity index (χ3n) is 2.44. The van der Waals surface area contributed by atoms with Gasteiger partial charge in [0.2, 0.25) is 0 Å². The van der Waals surface area contributed by atoms with Crippen LogP contribution in [-0.2, 0) is 0 Å². The van der Waals surface area contributed by atoms with Crippen molar-refractivity contribution in [3.8, 4) is 6.07 Å². The Hall–Kier alpha value is -2.20. The zero-order valence-corrected chi connectivity index (χ0v) is 11.1. The molecule has 1 heterocycles. The normalized spacial score (nSPS) is 11.6. The Morgan fingerprint density at radius 1 is 1.53 bits per heavy atom. The second kappa shape index (κ2) is 5.63. The maximum Gasteiger partial charge on any atom is 0.271 e. The second-order valence-corrected chi connectivity index (χ2v) is 4.50. The Bertz CT molecular complexity index is 649. The highest BCUT2D eigenvalue weighted by molar-refractivity contribution is 9.10. The topological polar surface area (TPSA) is 81.6 Å². The lowest BCUT2D eigenvalue weighted by atomic mass is 10.1. The smallest absolute Gasteiger partial charge is 0.271 e. The number of nitriles is 1. The fourth-order valence-electron chi connectivity index (χ4n) is 1.52. The molecule has 0 radical (unpaired) electrons. The third-order valence-corrected chi connectivity index (χ3v) is 3.04. The molecule has 2 aromatic rings. The van der Waals surface area contributed by atoms with Crippen molar-refractivity contribution >= 4 is 21.8 Å². The summed E-state index contributed by atoms with van der Waals surface area (Å²) in [6.07, 6.45) is 1.42. The Morgan fingerprint density at radius 3 is 2.84 bits per heavy atom. The molecule has 0 fully saturated rings. The molecule has 1 aromatic carbocycles. The molecule has 1 amide bonds. The Kier molecular flexibility index (Phi) is 3.92. The van der Waals surface area contributed by atoms with Gasteiger partial charge in [0, 0.05) is 5.56 Å². The number of nitrogens with zero attached hydrogens (tertiary/aromatic N) is 2. The highest BCUT2D eigenvalue weighted by Gasteiger charge is 2.20. The van der Waals surface area contributed by atoms with Crippen molar-refractivity contribution < 1.29 is 9.18 Å². The predicted octanol–water partition coefficient (Wildman–Crippen LogP) is 2.31. The van der Waals surface area contributed by atoms with Crippen molar-refractivity contribution in [1.82, 2.24) is 15.5 Å². The van der Waals surface area contributed by atoms with Gasteiger partial charge in [0.15, 0.2) is 0 Å². The van der Waals surface area contributed by atoms with E-state index in [1.807, 2.05) is 6.07 Å². The van der Waals surface area contributed by atoms with E-state index < -0.39 is 17.8 Å². The number of hydrogen-bond donors (Lipinski definition) is 2. The van der Waals surface area contributed by atoms with Crippen LogP contribution in [0.25, 0.3) is 0 Å². The van der Waals surface area contributed by atoms with Crippen LogP contribution in [0, 0.1) is 17.1 Å². The molecule has 2 N–H and O–H groups in total. The van der Waals surface area contributed by atoms with E-state index in [1.54, 1.807) is 6.07 Å². The van der Waals surface area contributed by atoms with Gasteiger partial charge in [0.1, 0.15) is 17.6 Å². The van der Waals surface area contributed by atoms with Crippen LogP contribution in [0.2, 0.25) is 0 Å². The third kappa shape index (κ3) is 2.80. The second-order valence-electron chi connectivity index (χ2n) is 3.65. The summed E-state index contributed by atoms with van der Waals surface area (Å²) in [5.41, 5.74) is 0.297. The number of rotatable bonds is 3. The summed E-state index contributed by atoms with van der Waals surface area (Å²) in [5, 5.41) is 17.6. The molecule has 2 rings (SSSR count). The predicted molar refractivity (Wildman–Crippen MR) is 68.5 cm³/mol. The molecule has 0 bridgehead atoms. The first-order valence-electron chi connectivity index (χ1n) is 5.27. The van der Waals surface area contributed by atoms with E-state index in [2.05, 4.69) is 31.4 Å². The van der Waals surface area contributed by atoms with Crippen LogP contribution < -0.4 is 5.32 Å². The van der Waals surface area contributed by atoms with Crippen molar-refractivity contribution in [1.29, 1.82) is 5.26 Å². The molecule has 0 aliphatic rings. The number of amides is 1. The molecular formula is C12H8BrFN4O. The van der Waals surface area contributed by atoms with Gasteiger partial charge in [-0.25, -0.2) is 4.39 Å². The molecule has 1 aromatic heterocycles. The number of aromatic amines is 1. The number of halogens is 2. The quantitative estimate of drug-likeness (QED) is 0.909. The van der Waals surface area contributed by atoms with Crippen molar-refractivity contribution in [3.63, 3.8) is 0 Å². The molecule has 0 saturated carbocycles. The van der Waals surface area contributed by atoms with Crippen molar-refractivity contribution in [2.24, 2.45) is 0 Å². The van der Waals surface area contributed by atoms with Crippen LogP contribution in [0.15, 0.2) is 34.9 Å². The molecule has 0 aliphatic carbocycles. The van der Waals surface area contributed by atoms with Crippen LogP contribution in [0.5, 0.6) is 0 Å². The molecule has 96 valence electrons. The van der Waals surface area contributed by atoms with Gasteiger partial charge in [-0.05, 0) is 22.0 Å². The number of nitrogens with one attached hydrogen (secondary N) is 2. The summed E-state index contributed by atoms with van der Waals surface area (Å²) in [6.45, 7) is 0. The van der Waals surface area contributed by atoms with Crippen LogP contribution in [0.3, 0.4) is 0 Å². The summed E-state index contributed by atoms with van der Waals surface area (Å²) in [7, 11) is 0. The molecule has 7 heteroatoms. The fourth-order valence-corrected chi connectivity index (χ4v) is 1.89. The van der Waals surface area contributed by atoms with Gasteiger partial charge in [-0.15, -0.1) is 0 Å². The minimum atomic E-state index is -1.07. The summed E-state index contributed by atoms with van der Waals surface area (Å²) < 4.78 is 14.0. The van der Waals surface area contributed by atoms with E-state index in [-0.39, 0.29) is 11.3 Å². The minimum Gasteiger partial charge on any atom is -0.331 e. The molecule has 1 atom stereocenters. The zero-order valence-electron chi connectivity index (χ0n) is 9.52. The van der Waals surface area contributed by atoms with Gasteiger partial charge in [-0.2, -0.15) is 10.4 Å². The van der Waals surface area contributed by atoms with E-state index in [4.69, 9.17) is 5.26 Å². The zero-order chi connectivity index (χ0) is 13.8. The molecule has 19 heavy (non-hydrogen) atoms. The monoisotopic (exact) mass is 322 g/mol. The van der Waals surface area contributed by atoms with Gasteiger partial charge >= 0.3 is 0 Å². The van der Waals surface area contributed by atoms with Gasteiger partial charge in [0.25, 0.3) is 5.91 Å². The molecule has 0 saturated heterocycles. The number of carbonyl (C=O) groups excluding carboxylic acids is 1. The van der Waals surface area contributed by atoms with E-state index in [1.165, 1.54) is 24.4 Å². The Labute approximate surface area is 116 Å². The molecule has 0 spiro atoms. The number of benzene rings is 1. The fraction of sp³-hybridized carbons (Fsp3) is 0.0833. The number of hydrogen-bond acceptors (Lipinski definition) is 3. The Morgan fingerprint density at radius 2 is 2.26 bits per heavy atom. The highest BCUT2D eigenvalue weighted by atomic mass is 79.9. The van der Waals surface area contributed by atoms with E-state index in [9.17, 15) is 9.18 Å². The van der Waals surface area contributed by atoms with Crippen molar-refractivity contribution in [2.75, 3.05) is 0 Å². The first-order chi connectivity index (χ1) is 9.13. The first-order valence-corrected chi connectivity index (χ1v) is 6.06. The van der Waals surface area contributed by atoms with E-state index in [0.29, 0.717) is 4.47 Å². The number of carbonyl (C=O) groups is 1. The maximum absolute atomic E-state index is 13.6. The van der Waals surface area contributed by atoms with Crippen LogP contribution in [-0.4, -0.2) is 16.1 Å². The first kappa shape index (κ1) is 13.2. The largest absolute Gasteiger partial charge is 0.331 e. The molecule has 0 unspecified atom stereocenters. The minimum absolute atomic E-state index is 0.119.